The predicted molar refractivity (Wildman–Crippen MR) is 66.9 cm³/mol. The number of hydrogen-bond acceptors (Lipinski definition) is 3. The van der Waals surface area contributed by atoms with E-state index < -0.39 is 12.0 Å². The molecule has 0 aromatic heterocycles. The fourth-order valence-electron chi connectivity index (χ4n) is 1.32. The third-order valence-corrected chi connectivity index (χ3v) is 4.02. The third-order valence-electron chi connectivity index (χ3n) is 2.12. The monoisotopic (exact) mass is 275 g/mol. The molecular weight excluding hydrogens is 269 g/mol. The quantitative estimate of drug-likeness (QED) is 0.903. The van der Waals surface area contributed by atoms with E-state index in [1.54, 1.807) is 18.2 Å². The molecule has 84 valence electrons. The predicted octanol–water partition coefficient (Wildman–Crippen LogP) is 2.94. The van der Waals surface area contributed by atoms with Gasteiger partial charge in [-0.2, -0.15) is 0 Å². The lowest BCUT2D eigenvalue weighted by atomic mass is 10.2. The lowest BCUT2D eigenvalue weighted by Crippen LogP contribution is -2.17. The van der Waals surface area contributed by atoms with Crippen molar-refractivity contribution in [2.24, 2.45) is 4.99 Å². The molecule has 1 heterocycles. The van der Waals surface area contributed by atoms with Crippen molar-refractivity contribution in [3.63, 3.8) is 0 Å². The van der Waals surface area contributed by atoms with Crippen LogP contribution in [-0.4, -0.2) is 27.9 Å². The average Bonchev–Trinajstić information content (AvgIpc) is 2.71. The largest absolute Gasteiger partial charge is 0.480 e. The first-order valence-corrected chi connectivity index (χ1v) is 6.21. The zero-order valence-corrected chi connectivity index (χ0v) is 10.3. The zero-order valence-electron chi connectivity index (χ0n) is 7.98. The molecule has 0 amide bonds. The second-order valence-corrected chi connectivity index (χ2v) is 4.99. The van der Waals surface area contributed by atoms with Crippen molar-refractivity contribution < 1.29 is 9.90 Å². The lowest BCUT2D eigenvalue weighted by molar-refractivity contribution is -0.137. The van der Waals surface area contributed by atoms with E-state index in [4.69, 9.17) is 28.3 Å². The molecule has 1 aliphatic heterocycles. The van der Waals surface area contributed by atoms with Crippen LogP contribution in [0, 0.1) is 0 Å². The maximum Gasteiger partial charge on any atom is 0.329 e. The summed E-state index contributed by atoms with van der Waals surface area (Å²) < 4.78 is 0. The molecule has 0 radical (unpaired) electrons. The zero-order chi connectivity index (χ0) is 11.7. The van der Waals surface area contributed by atoms with E-state index in [-0.39, 0.29) is 0 Å². The Morgan fingerprint density at radius 3 is 2.88 bits per heavy atom. The molecule has 16 heavy (non-hydrogen) atoms. The summed E-state index contributed by atoms with van der Waals surface area (Å²) in [5.41, 5.74) is 0.697. The van der Waals surface area contributed by atoms with E-state index in [0.29, 0.717) is 26.4 Å². The van der Waals surface area contributed by atoms with Crippen molar-refractivity contribution in [2.75, 3.05) is 5.75 Å². The minimum Gasteiger partial charge on any atom is -0.480 e. The van der Waals surface area contributed by atoms with Gasteiger partial charge in [0.2, 0.25) is 0 Å². The summed E-state index contributed by atoms with van der Waals surface area (Å²) in [6, 6.07) is 4.54. The molecule has 1 aliphatic rings. The molecule has 6 heteroatoms. The van der Waals surface area contributed by atoms with Crippen LogP contribution in [0.4, 0.5) is 0 Å². The fraction of sp³-hybridized carbons (Fsp3) is 0.200. The van der Waals surface area contributed by atoms with E-state index in [2.05, 4.69) is 4.99 Å². The van der Waals surface area contributed by atoms with Gasteiger partial charge >= 0.3 is 5.97 Å². The van der Waals surface area contributed by atoms with Crippen LogP contribution in [0.1, 0.15) is 5.56 Å². The molecule has 0 saturated carbocycles. The molecule has 0 fully saturated rings. The first-order chi connectivity index (χ1) is 7.59. The summed E-state index contributed by atoms with van der Waals surface area (Å²) in [5, 5.41) is 10.3. The van der Waals surface area contributed by atoms with Crippen molar-refractivity contribution in [1.29, 1.82) is 0 Å². The summed E-state index contributed by atoms with van der Waals surface area (Å²) in [4.78, 5) is 14.8. The van der Waals surface area contributed by atoms with Crippen LogP contribution in [0.5, 0.6) is 0 Å². The summed E-state index contributed by atoms with van der Waals surface area (Å²) >= 11 is 13.3. The van der Waals surface area contributed by atoms with E-state index >= 15 is 0 Å². The topological polar surface area (TPSA) is 49.7 Å². The number of hydrogen-bond donors (Lipinski definition) is 1. The van der Waals surface area contributed by atoms with Gasteiger partial charge in [-0.05, 0) is 6.07 Å². The highest BCUT2D eigenvalue weighted by Gasteiger charge is 2.26. The Bertz CT molecular complexity index is 476. The van der Waals surface area contributed by atoms with Crippen molar-refractivity contribution >= 4 is 46.0 Å². The first kappa shape index (κ1) is 11.8. The number of aliphatic imine (C=N–C) groups is 1. The maximum absolute atomic E-state index is 10.8. The van der Waals surface area contributed by atoms with Crippen molar-refractivity contribution in [2.45, 2.75) is 6.04 Å². The Morgan fingerprint density at radius 1 is 1.50 bits per heavy atom. The molecule has 0 aliphatic carbocycles. The van der Waals surface area contributed by atoms with E-state index in [0.717, 1.165) is 0 Å². The van der Waals surface area contributed by atoms with Crippen LogP contribution < -0.4 is 0 Å². The number of carbonyl (C=O) groups is 1. The molecular formula is C10H7Cl2NO2S. The average molecular weight is 276 g/mol. The van der Waals surface area contributed by atoms with Gasteiger partial charge in [-0.15, -0.1) is 11.8 Å². The van der Waals surface area contributed by atoms with Crippen molar-refractivity contribution in [3.8, 4) is 0 Å². The molecule has 0 spiro atoms. The van der Waals surface area contributed by atoms with Crippen LogP contribution in [0.3, 0.4) is 0 Å². The second-order valence-electron chi connectivity index (χ2n) is 3.20. The normalized spacial score (nSPS) is 19.6. The molecule has 3 nitrogen and oxygen atoms in total. The molecule has 1 atom stereocenters. The number of rotatable bonds is 2. The molecule has 0 saturated heterocycles. The van der Waals surface area contributed by atoms with E-state index in [1.165, 1.54) is 11.8 Å². The molecule has 1 N–H and O–H groups in total. The maximum atomic E-state index is 10.8. The van der Waals surface area contributed by atoms with E-state index in [9.17, 15) is 4.79 Å². The number of carboxylic acids is 1. The molecule has 1 aromatic carbocycles. The van der Waals surface area contributed by atoms with Gasteiger partial charge in [0, 0.05) is 11.3 Å². The van der Waals surface area contributed by atoms with Gasteiger partial charge in [0.1, 0.15) is 5.04 Å². The Hall–Kier alpha value is -0.710. The Kier molecular flexibility index (Phi) is 3.42. The molecule has 1 aromatic rings. The SMILES string of the molecule is O=C(O)C1CSC(c2cccc(Cl)c2Cl)=N1. The van der Waals surface area contributed by atoms with Crippen molar-refractivity contribution in [1.82, 2.24) is 0 Å². The van der Waals surface area contributed by atoms with Crippen LogP contribution >= 0.6 is 35.0 Å². The van der Waals surface area contributed by atoms with Crippen LogP contribution in [0.25, 0.3) is 0 Å². The third kappa shape index (κ3) is 2.19. The number of thioether (sulfide) groups is 1. The van der Waals surface area contributed by atoms with Gasteiger partial charge in [-0.3, -0.25) is 4.99 Å². The first-order valence-electron chi connectivity index (χ1n) is 4.47. The number of carboxylic acid groups (broad SMARTS) is 1. The van der Waals surface area contributed by atoms with Crippen LogP contribution in [-0.2, 0) is 4.79 Å². The highest BCUT2D eigenvalue weighted by Crippen LogP contribution is 2.32. The lowest BCUT2D eigenvalue weighted by Gasteiger charge is -2.03. The van der Waals surface area contributed by atoms with Gasteiger partial charge in [0.15, 0.2) is 6.04 Å². The highest BCUT2D eigenvalue weighted by atomic mass is 35.5. The number of nitrogens with zero attached hydrogens (tertiary/aromatic N) is 1. The van der Waals surface area contributed by atoms with Crippen LogP contribution in [0.2, 0.25) is 10.0 Å². The van der Waals surface area contributed by atoms with Gasteiger partial charge < -0.3 is 5.11 Å². The van der Waals surface area contributed by atoms with Crippen molar-refractivity contribution in [3.05, 3.63) is 33.8 Å². The minimum atomic E-state index is -0.916. The number of halogens is 2. The number of aliphatic carboxylic acids is 1. The standard InChI is InChI=1S/C10H7Cl2NO2S/c11-6-3-1-2-5(8(6)12)9-13-7(4-16-9)10(14)15/h1-3,7H,4H2,(H,14,15). The van der Waals surface area contributed by atoms with E-state index in [1.807, 2.05) is 0 Å². The fourth-order valence-corrected chi connectivity index (χ4v) is 2.82. The number of benzene rings is 1. The highest BCUT2D eigenvalue weighted by molar-refractivity contribution is 8.14. The second kappa shape index (κ2) is 4.65. The van der Waals surface area contributed by atoms with Crippen LogP contribution in [0.15, 0.2) is 23.2 Å². The molecule has 2 rings (SSSR count). The smallest absolute Gasteiger partial charge is 0.329 e. The van der Waals surface area contributed by atoms with Gasteiger partial charge in [0.05, 0.1) is 10.0 Å². The summed E-state index contributed by atoms with van der Waals surface area (Å²) in [7, 11) is 0. The minimum absolute atomic E-state index is 0.418. The summed E-state index contributed by atoms with van der Waals surface area (Å²) in [5.74, 6) is -0.478. The Morgan fingerprint density at radius 2 is 2.25 bits per heavy atom. The summed E-state index contributed by atoms with van der Waals surface area (Å²) in [6.45, 7) is 0. The Labute approximate surface area is 106 Å². The van der Waals surface area contributed by atoms with Gasteiger partial charge in [0.25, 0.3) is 0 Å². The summed E-state index contributed by atoms with van der Waals surface area (Å²) in [6.07, 6.45) is 0. The molecule has 1 unspecified atom stereocenters. The Balaban J connectivity index is 2.36. The van der Waals surface area contributed by atoms with Gasteiger partial charge in [-0.25, -0.2) is 4.79 Å². The van der Waals surface area contributed by atoms with Gasteiger partial charge in [-0.1, -0.05) is 35.3 Å². The molecule has 0 bridgehead atoms.